The number of nitrogens with zero attached hydrogens (tertiary/aromatic N) is 4. The third-order valence-corrected chi connectivity index (χ3v) is 4.30. The van der Waals surface area contributed by atoms with Crippen LogP contribution in [-0.4, -0.2) is 32.5 Å². The molecule has 0 N–H and O–H groups in total. The highest BCUT2D eigenvalue weighted by atomic mass is 19.1. The molecule has 1 aliphatic heterocycles. The molecule has 8 heteroatoms. The summed E-state index contributed by atoms with van der Waals surface area (Å²) in [6, 6.07) is 7.87. The Hall–Kier alpha value is -3.16. The highest BCUT2D eigenvalue weighted by Gasteiger charge is 2.35. The normalized spacial score (nSPS) is 16.8. The number of rotatable bonds is 3. The second-order valence-electron chi connectivity index (χ2n) is 5.95. The fourth-order valence-corrected chi connectivity index (χ4v) is 3.05. The summed E-state index contributed by atoms with van der Waals surface area (Å²) in [4.78, 5) is 22.6. The van der Waals surface area contributed by atoms with Crippen molar-refractivity contribution in [3.63, 3.8) is 0 Å². The molecule has 2 aromatic heterocycles. The van der Waals surface area contributed by atoms with Crippen molar-refractivity contribution in [2.45, 2.75) is 18.9 Å². The first-order valence-electron chi connectivity index (χ1n) is 8.14. The smallest absolute Gasteiger partial charge is 0.273 e. The maximum Gasteiger partial charge on any atom is 0.273 e. The minimum absolute atomic E-state index is 0.0228. The molecule has 0 spiro atoms. The lowest BCUT2D eigenvalue weighted by Gasteiger charge is -2.21. The van der Waals surface area contributed by atoms with Crippen LogP contribution in [0.25, 0.3) is 11.4 Å². The van der Waals surface area contributed by atoms with Gasteiger partial charge in [0, 0.05) is 18.8 Å². The molecule has 0 radical (unpaired) electrons. The van der Waals surface area contributed by atoms with E-state index in [1.807, 2.05) is 0 Å². The van der Waals surface area contributed by atoms with Crippen molar-refractivity contribution in [1.29, 1.82) is 0 Å². The Labute approximate surface area is 147 Å². The van der Waals surface area contributed by atoms with E-state index in [0.717, 1.165) is 18.6 Å². The van der Waals surface area contributed by atoms with E-state index in [9.17, 15) is 13.6 Å². The number of carbonyl (C=O) groups is 1. The number of benzene rings is 1. The molecule has 1 aromatic carbocycles. The summed E-state index contributed by atoms with van der Waals surface area (Å²) >= 11 is 0. The molecule has 4 rings (SSSR count). The van der Waals surface area contributed by atoms with E-state index in [0.29, 0.717) is 18.7 Å². The van der Waals surface area contributed by atoms with Gasteiger partial charge in [-0.1, -0.05) is 11.2 Å². The zero-order valence-corrected chi connectivity index (χ0v) is 13.6. The largest absolute Gasteiger partial charge is 0.337 e. The van der Waals surface area contributed by atoms with E-state index in [2.05, 4.69) is 15.1 Å². The Bertz CT molecular complexity index is 945. The number of amides is 1. The Morgan fingerprint density at radius 1 is 1.23 bits per heavy atom. The van der Waals surface area contributed by atoms with Crippen molar-refractivity contribution in [2.24, 2.45) is 0 Å². The first-order valence-corrected chi connectivity index (χ1v) is 8.14. The molecule has 0 saturated carbocycles. The fraction of sp³-hybridized carbons (Fsp3) is 0.222. The molecule has 1 saturated heterocycles. The monoisotopic (exact) mass is 356 g/mol. The molecule has 26 heavy (non-hydrogen) atoms. The predicted molar refractivity (Wildman–Crippen MR) is 86.9 cm³/mol. The quantitative estimate of drug-likeness (QED) is 0.719. The maximum atomic E-state index is 13.9. The van der Waals surface area contributed by atoms with Crippen molar-refractivity contribution in [3.05, 3.63) is 65.8 Å². The van der Waals surface area contributed by atoms with E-state index >= 15 is 0 Å². The molecule has 1 amide bonds. The minimum Gasteiger partial charge on any atom is -0.337 e. The van der Waals surface area contributed by atoms with Crippen LogP contribution in [0.2, 0.25) is 0 Å². The summed E-state index contributed by atoms with van der Waals surface area (Å²) in [5.41, 5.74) is 0.380. The first-order chi connectivity index (χ1) is 12.6. The maximum absolute atomic E-state index is 13.9. The third-order valence-electron chi connectivity index (χ3n) is 4.30. The van der Waals surface area contributed by atoms with Gasteiger partial charge in [-0.25, -0.2) is 8.78 Å². The number of likely N-dealkylation sites (tertiary alicyclic amines) is 1. The van der Waals surface area contributed by atoms with Crippen molar-refractivity contribution in [3.8, 4) is 11.4 Å². The zero-order valence-electron chi connectivity index (χ0n) is 13.6. The van der Waals surface area contributed by atoms with Crippen LogP contribution in [0.5, 0.6) is 0 Å². The molecule has 6 nitrogen and oxygen atoms in total. The number of hydrogen-bond acceptors (Lipinski definition) is 5. The fourth-order valence-electron chi connectivity index (χ4n) is 3.05. The predicted octanol–water partition coefficient (Wildman–Crippen LogP) is 3.39. The van der Waals surface area contributed by atoms with Gasteiger partial charge < -0.3 is 9.42 Å². The van der Waals surface area contributed by atoms with Gasteiger partial charge in [-0.3, -0.25) is 9.78 Å². The van der Waals surface area contributed by atoms with E-state index in [4.69, 9.17) is 4.52 Å². The minimum atomic E-state index is -0.773. The van der Waals surface area contributed by atoms with Crippen LogP contribution in [0.15, 0.2) is 47.1 Å². The lowest BCUT2D eigenvalue weighted by molar-refractivity contribution is 0.0704. The van der Waals surface area contributed by atoms with Crippen LogP contribution in [0.3, 0.4) is 0 Å². The van der Waals surface area contributed by atoms with E-state index in [-0.39, 0.29) is 23.2 Å². The molecule has 1 fully saturated rings. The molecule has 3 heterocycles. The number of aromatic nitrogens is 3. The number of pyridine rings is 1. The van der Waals surface area contributed by atoms with Gasteiger partial charge in [0.05, 0.1) is 5.56 Å². The lowest BCUT2D eigenvalue weighted by atomic mass is 10.2. The van der Waals surface area contributed by atoms with E-state index in [1.165, 1.54) is 6.07 Å². The molecule has 3 aromatic rings. The van der Waals surface area contributed by atoms with Crippen molar-refractivity contribution >= 4 is 5.91 Å². The van der Waals surface area contributed by atoms with Crippen molar-refractivity contribution in [1.82, 2.24) is 20.0 Å². The second-order valence-corrected chi connectivity index (χ2v) is 5.95. The Kier molecular flexibility index (Phi) is 4.16. The summed E-state index contributed by atoms with van der Waals surface area (Å²) in [6.07, 6.45) is 3.00. The van der Waals surface area contributed by atoms with Crippen LogP contribution in [0.4, 0.5) is 8.78 Å². The van der Waals surface area contributed by atoms with Crippen LogP contribution in [0.1, 0.15) is 35.3 Å². The molecular weight excluding hydrogens is 342 g/mol. The molecule has 1 atom stereocenters. The highest BCUT2D eigenvalue weighted by Crippen LogP contribution is 2.33. The van der Waals surface area contributed by atoms with Crippen LogP contribution in [0, 0.1) is 11.6 Å². The Balaban J connectivity index is 1.61. The number of hydrogen-bond donors (Lipinski definition) is 0. The molecule has 0 bridgehead atoms. The standard InChI is InChI=1S/C18H14F2N4O2/c19-11-6-7-12(13(20)10-11)16-22-17(26-23-16)15-5-3-9-24(15)18(25)14-4-1-2-8-21-14/h1-2,4,6-8,10,15H,3,5,9H2/t15-/m1/s1. The van der Waals surface area contributed by atoms with Crippen LogP contribution >= 0.6 is 0 Å². The number of halogens is 2. The summed E-state index contributed by atoms with van der Waals surface area (Å²) in [5.74, 6) is -1.43. The van der Waals surface area contributed by atoms with Gasteiger partial charge in [-0.2, -0.15) is 4.98 Å². The number of carbonyl (C=O) groups excluding carboxylic acids is 1. The third kappa shape index (κ3) is 2.94. The topological polar surface area (TPSA) is 72.1 Å². The first kappa shape index (κ1) is 16.3. The summed E-state index contributed by atoms with van der Waals surface area (Å²) in [5, 5.41) is 3.79. The average Bonchev–Trinajstić information content (AvgIpc) is 3.31. The van der Waals surface area contributed by atoms with Gasteiger partial charge in [0.1, 0.15) is 23.4 Å². The lowest BCUT2D eigenvalue weighted by Crippen LogP contribution is -2.31. The highest BCUT2D eigenvalue weighted by molar-refractivity contribution is 5.92. The Morgan fingerprint density at radius 2 is 2.12 bits per heavy atom. The van der Waals surface area contributed by atoms with E-state index in [1.54, 1.807) is 29.3 Å². The second kappa shape index (κ2) is 6.62. The van der Waals surface area contributed by atoms with Gasteiger partial charge in [0.2, 0.25) is 11.7 Å². The molecule has 132 valence electrons. The summed E-state index contributed by atoms with van der Waals surface area (Å²) < 4.78 is 32.2. The molecule has 0 aliphatic carbocycles. The van der Waals surface area contributed by atoms with Gasteiger partial charge >= 0.3 is 0 Å². The van der Waals surface area contributed by atoms with Crippen LogP contribution < -0.4 is 0 Å². The van der Waals surface area contributed by atoms with Gasteiger partial charge in [0.15, 0.2) is 0 Å². The van der Waals surface area contributed by atoms with E-state index < -0.39 is 17.7 Å². The molecule has 1 aliphatic rings. The SMILES string of the molecule is O=C(c1ccccn1)N1CCC[C@@H]1c1nc(-c2ccc(F)cc2F)no1. The average molecular weight is 356 g/mol. The van der Waals surface area contributed by atoms with Crippen LogP contribution in [-0.2, 0) is 0 Å². The summed E-state index contributed by atoms with van der Waals surface area (Å²) in [6.45, 7) is 0.544. The van der Waals surface area contributed by atoms with Gasteiger partial charge in [-0.15, -0.1) is 0 Å². The van der Waals surface area contributed by atoms with Gasteiger partial charge in [-0.05, 0) is 37.1 Å². The molecule has 0 unspecified atom stereocenters. The van der Waals surface area contributed by atoms with Crippen molar-refractivity contribution in [2.75, 3.05) is 6.54 Å². The van der Waals surface area contributed by atoms with Gasteiger partial charge in [0.25, 0.3) is 5.91 Å². The zero-order chi connectivity index (χ0) is 18.1. The Morgan fingerprint density at radius 3 is 2.88 bits per heavy atom. The molecular formula is C18H14F2N4O2. The van der Waals surface area contributed by atoms with Crippen molar-refractivity contribution < 1.29 is 18.1 Å². The summed E-state index contributed by atoms with van der Waals surface area (Å²) in [7, 11) is 0.